The summed E-state index contributed by atoms with van der Waals surface area (Å²) in [5.74, 6) is 0.515. The van der Waals surface area contributed by atoms with Gasteiger partial charge in [-0.3, -0.25) is 9.59 Å². The molecule has 0 radical (unpaired) electrons. The highest BCUT2D eigenvalue weighted by Gasteiger charge is 2.16. The third-order valence-electron chi connectivity index (χ3n) is 3.53. The summed E-state index contributed by atoms with van der Waals surface area (Å²) in [5, 5.41) is 2.94. The van der Waals surface area contributed by atoms with Crippen LogP contribution in [0.5, 0.6) is 5.75 Å². The van der Waals surface area contributed by atoms with Crippen molar-refractivity contribution < 1.29 is 19.1 Å². The van der Waals surface area contributed by atoms with Gasteiger partial charge in [-0.25, -0.2) is 0 Å². The number of hydrogen-bond donors (Lipinski definition) is 1. The molecule has 1 aliphatic heterocycles. The average Bonchev–Trinajstić information content (AvgIpc) is 2.47. The van der Waals surface area contributed by atoms with Crippen molar-refractivity contribution >= 4 is 11.7 Å². The van der Waals surface area contributed by atoms with E-state index in [2.05, 4.69) is 5.32 Å². The Balaban J connectivity index is 1.84. The highest BCUT2D eigenvalue weighted by molar-refractivity contribution is 5.94. The first-order chi connectivity index (χ1) is 10.1. The number of ketones is 1. The highest BCUT2D eigenvalue weighted by atomic mass is 16.5. The lowest BCUT2D eigenvalue weighted by atomic mass is 10.1. The summed E-state index contributed by atoms with van der Waals surface area (Å²) in [6.07, 6.45) is 1.69. The third-order valence-corrected chi connectivity index (χ3v) is 3.53. The second kappa shape index (κ2) is 7.22. The van der Waals surface area contributed by atoms with Crippen LogP contribution < -0.4 is 10.1 Å². The lowest BCUT2D eigenvalue weighted by molar-refractivity contribution is -0.124. The van der Waals surface area contributed by atoms with Crippen LogP contribution in [-0.2, 0) is 9.53 Å². The molecule has 1 N–H and O–H groups in total. The number of ether oxygens (including phenoxy) is 2. The summed E-state index contributed by atoms with van der Waals surface area (Å²) in [6.45, 7) is 4.75. The minimum atomic E-state index is -0.128. The predicted molar refractivity (Wildman–Crippen MR) is 78.7 cm³/mol. The Hall–Kier alpha value is -1.88. The number of hydrogen-bond acceptors (Lipinski definition) is 4. The number of aryl methyl sites for hydroxylation is 1. The zero-order valence-electron chi connectivity index (χ0n) is 12.5. The Kier molecular flexibility index (Phi) is 5.33. The van der Waals surface area contributed by atoms with Gasteiger partial charge < -0.3 is 14.8 Å². The fourth-order valence-electron chi connectivity index (χ4n) is 2.28. The van der Waals surface area contributed by atoms with Gasteiger partial charge in [0, 0.05) is 24.8 Å². The van der Waals surface area contributed by atoms with Crippen LogP contribution in [-0.4, -0.2) is 37.6 Å². The average molecular weight is 291 g/mol. The molecule has 114 valence electrons. The number of carbonyl (C=O) groups excluding carboxylic acids is 2. The van der Waals surface area contributed by atoms with Gasteiger partial charge in [-0.15, -0.1) is 0 Å². The largest absolute Gasteiger partial charge is 0.484 e. The van der Waals surface area contributed by atoms with Crippen molar-refractivity contribution in [1.29, 1.82) is 0 Å². The number of benzene rings is 1. The van der Waals surface area contributed by atoms with Gasteiger partial charge in [-0.1, -0.05) is 0 Å². The number of rotatable bonds is 5. The monoisotopic (exact) mass is 291 g/mol. The van der Waals surface area contributed by atoms with Crippen LogP contribution in [0.15, 0.2) is 18.2 Å². The van der Waals surface area contributed by atoms with E-state index < -0.39 is 0 Å². The van der Waals surface area contributed by atoms with E-state index in [1.54, 1.807) is 18.2 Å². The van der Waals surface area contributed by atoms with Crippen molar-refractivity contribution in [3.05, 3.63) is 29.3 Å². The van der Waals surface area contributed by atoms with Gasteiger partial charge in [0.25, 0.3) is 5.91 Å². The lowest BCUT2D eigenvalue weighted by Gasteiger charge is -2.23. The first kappa shape index (κ1) is 15.5. The van der Waals surface area contributed by atoms with Crippen molar-refractivity contribution in [2.75, 3.05) is 19.8 Å². The molecule has 21 heavy (non-hydrogen) atoms. The van der Waals surface area contributed by atoms with Gasteiger partial charge in [-0.05, 0) is 50.5 Å². The minimum absolute atomic E-state index is 0.0157. The van der Waals surface area contributed by atoms with Crippen LogP contribution in [0, 0.1) is 6.92 Å². The normalized spacial score (nSPS) is 15.5. The second-order valence-corrected chi connectivity index (χ2v) is 5.28. The summed E-state index contributed by atoms with van der Waals surface area (Å²) in [4.78, 5) is 23.1. The van der Waals surface area contributed by atoms with E-state index in [-0.39, 0.29) is 24.3 Å². The molecule has 1 amide bonds. The van der Waals surface area contributed by atoms with Crippen molar-refractivity contribution in [2.45, 2.75) is 32.7 Å². The Morgan fingerprint density at radius 1 is 1.33 bits per heavy atom. The van der Waals surface area contributed by atoms with E-state index in [1.807, 2.05) is 6.92 Å². The zero-order chi connectivity index (χ0) is 15.2. The molecule has 0 saturated carbocycles. The van der Waals surface area contributed by atoms with Crippen LogP contribution in [0.25, 0.3) is 0 Å². The van der Waals surface area contributed by atoms with Crippen molar-refractivity contribution in [3.63, 3.8) is 0 Å². The van der Waals surface area contributed by atoms with Gasteiger partial charge >= 0.3 is 0 Å². The van der Waals surface area contributed by atoms with Crippen LogP contribution in [0.4, 0.5) is 0 Å². The van der Waals surface area contributed by atoms with Gasteiger partial charge in [0.05, 0.1) is 0 Å². The van der Waals surface area contributed by atoms with Crippen LogP contribution in [0.2, 0.25) is 0 Å². The van der Waals surface area contributed by atoms with Crippen molar-refractivity contribution in [1.82, 2.24) is 5.32 Å². The van der Waals surface area contributed by atoms with Crippen molar-refractivity contribution in [3.8, 4) is 5.75 Å². The minimum Gasteiger partial charge on any atom is -0.484 e. The molecular weight excluding hydrogens is 270 g/mol. The molecular formula is C16H21NO4. The first-order valence-electron chi connectivity index (χ1n) is 7.18. The van der Waals surface area contributed by atoms with E-state index in [1.165, 1.54) is 6.92 Å². The summed E-state index contributed by atoms with van der Waals surface area (Å²) in [7, 11) is 0. The molecule has 0 unspecified atom stereocenters. The quantitative estimate of drug-likeness (QED) is 0.841. The van der Waals surface area contributed by atoms with E-state index >= 15 is 0 Å². The molecule has 0 bridgehead atoms. The number of Topliss-reactive ketones (excluding diaryl/α,β-unsaturated/α-hetero) is 1. The topological polar surface area (TPSA) is 64.6 Å². The molecule has 1 aromatic carbocycles. The fourth-order valence-corrected chi connectivity index (χ4v) is 2.28. The lowest BCUT2D eigenvalue weighted by Crippen LogP contribution is -2.41. The smallest absolute Gasteiger partial charge is 0.258 e. The molecule has 5 nitrogen and oxygen atoms in total. The summed E-state index contributed by atoms with van der Waals surface area (Å²) < 4.78 is 10.8. The number of carbonyl (C=O) groups is 2. The molecule has 5 heteroatoms. The highest BCUT2D eigenvalue weighted by Crippen LogP contribution is 2.19. The predicted octanol–water partition coefficient (Wildman–Crippen LogP) is 1.87. The van der Waals surface area contributed by atoms with Crippen LogP contribution in [0.3, 0.4) is 0 Å². The molecule has 0 aromatic heterocycles. The van der Waals surface area contributed by atoms with E-state index in [9.17, 15) is 9.59 Å². The Labute approximate surface area is 124 Å². The molecule has 0 aliphatic carbocycles. The molecule has 1 aliphatic rings. The maximum absolute atomic E-state index is 11.8. The van der Waals surface area contributed by atoms with Gasteiger partial charge in [0.1, 0.15) is 5.75 Å². The Bertz CT molecular complexity index is 521. The maximum Gasteiger partial charge on any atom is 0.258 e. The van der Waals surface area contributed by atoms with Gasteiger partial charge in [0.2, 0.25) is 0 Å². The summed E-state index contributed by atoms with van der Waals surface area (Å²) in [6, 6.07) is 5.39. The molecule has 1 heterocycles. The third kappa shape index (κ3) is 4.56. The van der Waals surface area contributed by atoms with Gasteiger partial charge in [-0.2, -0.15) is 0 Å². The van der Waals surface area contributed by atoms with E-state index in [0.717, 1.165) is 18.4 Å². The molecule has 0 spiro atoms. The standard InChI is InChI=1S/C16H21NO4/c1-11-9-13(12(2)18)3-4-15(11)21-10-16(19)17-14-5-7-20-8-6-14/h3-4,9,14H,5-8,10H2,1-2H3,(H,17,19). The fraction of sp³-hybridized carbons (Fsp3) is 0.500. The van der Waals surface area contributed by atoms with E-state index in [4.69, 9.17) is 9.47 Å². The summed E-state index contributed by atoms with van der Waals surface area (Å²) in [5.41, 5.74) is 1.49. The summed E-state index contributed by atoms with van der Waals surface area (Å²) >= 11 is 0. The van der Waals surface area contributed by atoms with Crippen molar-refractivity contribution in [2.24, 2.45) is 0 Å². The van der Waals surface area contributed by atoms with E-state index in [0.29, 0.717) is 24.5 Å². The molecule has 2 rings (SSSR count). The number of amides is 1. The SMILES string of the molecule is CC(=O)c1ccc(OCC(=O)NC2CCOCC2)c(C)c1. The molecule has 1 saturated heterocycles. The van der Waals surface area contributed by atoms with Gasteiger partial charge in [0.15, 0.2) is 12.4 Å². The molecule has 0 atom stereocenters. The molecule has 1 fully saturated rings. The van der Waals surface area contributed by atoms with Crippen LogP contribution in [0.1, 0.15) is 35.7 Å². The molecule has 1 aromatic rings. The van der Waals surface area contributed by atoms with Crippen LogP contribution >= 0.6 is 0 Å². The zero-order valence-corrected chi connectivity index (χ0v) is 12.5. The number of nitrogens with one attached hydrogen (secondary N) is 1. The second-order valence-electron chi connectivity index (χ2n) is 5.28. The Morgan fingerprint density at radius 3 is 2.67 bits per heavy atom. The first-order valence-corrected chi connectivity index (χ1v) is 7.18. The maximum atomic E-state index is 11.8. The Morgan fingerprint density at radius 2 is 2.05 bits per heavy atom.